The Morgan fingerprint density at radius 2 is 1.37 bits per heavy atom. The van der Waals surface area contributed by atoms with Crippen molar-refractivity contribution in [2.45, 2.75) is 57.8 Å². The van der Waals surface area contributed by atoms with Gasteiger partial charge in [0.25, 0.3) is 5.91 Å². The lowest BCUT2D eigenvalue weighted by atomic mass is 9.89. The Morgan fingerprint density at radius 1 is 0.814 bits per heavy atom. The van der Waals surface area contributed by atoms with Crippen molar-refractivity contribution in [3.63, 3.8) is 0 Å². The van der Waals surface area contributed by atoms with E-state index < -0.39 is 46.8 Å². The van der Waals surface area contributed by atoms with Crippen molar-refractivity contribution in [1.82, 2.24) is 10.2 Å². The average Bonchev–Trinajstić information content (AvgIpc) is 3.03. The van der Waals surface area contributed by atoms with E-state index in [1.807, 2.05) is 24.3 Å². The van der Waals surface area contributed by atoms with Crippen LogP contribution in [0.1, 0.15) is 71.2 Å². The molecule has 2 heterocycles. The molecule has 6 nitrogen and oxygen atoms in total. The van der Waals surface area contributed by atoms with E-state index in [1.54, 1.807) is 24.3 Å². The molecule has 0 radical (unpaired) electrons. The number of likely N-dealkylation sites (tertiary alicyclic amines) is 1. The molecule has 4 atom stereocenters. The summed E-state index contributed by atoms with van der Waals surface area (Å²) in [5.74, 6) is -12.5. The van der Waals surface area contributed by atoms with E-state index in [9.17, 15) is 31.9 Å². The second-order valence-corrected chi connectivity index (χ2v) is 11.1. The monoisotopic (exact) mass is 604 g/mol. The molecule has 2 N–H and O–H groups in total. The van der Waals surface area contributed by atoms with Gasteiger partial charge in [-0.05, 0) is 42.6 Å². The number of aliphatic hydroxyl groups excluding tert-OH is 1. The molecule has 2 saturated heterocycles. The molecule has 11 heteroatoms. The Balaban J connectivity index is 1.31. The van der Waals surface area contributed by atoms with Crippen LogP contribution < -0.4 is 5.32 Å². The van der Waals surface area contributed by atoms with Gasteiger partial charge in [0.2, 0.25) is 5.82 Å². The van der Waals surface area contributed by atoms with Gasteiger partial charge in [0.1, 0.15) is 5.56 Å². The van der Waals surface area contributed by atoms with E-state index in [-0.39, 0.29) is 31.3 Å². The Labute approximate surface area is 246 Å². The molecule has 5 rings (SSSR count). The number of piperidine rings is 1. The first-order chi connectivity index (χ1) is 20.7. The van der Waals surface area contributed by atoms with Crippen LogP contribution in [0, 0.1) is 35.0 Å². The van der Waals surface area contributed by atoms with E-state index in [0.29, 0.717) is 11.1 Å². The number of amides is 1. The van der Waals surface area contributed by atoms with Crippen LogP contribution in [0.4, 0.5) is 22.0 Å². The minimum Gasteiger partial charge on any atom is -0.392 e. The second kappa shape index (κ2) is 13.5. The van der Waals surface area contributed by atoms with Crippen molar-refractivity contribution in [2.75, 3.05) is 19.6 Å². The van der Waals surface area contributed by atoms with Crippen LogP contribution in [0.5, 0.6) is 0 Å². The van der Waals surface area contributed by atoms with Gasteiger partial charge in [0.15, 0.2) is 29.6 Å². The molecule has 3 aromatic carbocycles. The molecule has 1 amide bonds. The highest BCUT2D eigenvalue weighted by Crippen LogP contribution is 2.42. The Hall–Kier alpha value is -3.38. The van der Waals surface area contributed by atoms with Crippen molar-refractivity contribution in [3.05, 3.63) is 105 Å². The molecule has 230 valence electrons. The topological polar surface area (TPSA) is 71.0 Å². The van der Waals surface area contributed by atoms with Crippen molar-refractivity contribution >= 4 is 5.91 Å². The zero-order valence-electron chi connectivity index (χ0n) is 23.6. The average molecular weight is 605 g/mol. The Morgan fingerprint density at radius 3 is 1.98 bits per heavy atom. The zero-order valence-corrected chi connectivity index (χ0v) is 23.6. The molecule has 0 aromatic heterocycles. The minimum absolute atomic E-state index is 0.0366. The molecule has 2 fully saturated rings. The molecule has 3 aromatic rings. The first kappa shape index (κ1) is 31.1. The number of nitrogens with one attached hydrogen (secondary N) is 1. The van der Waals surface area contributed by atoms with Crippen molar-refractivity contribution in [2.24, 2.45) is 5.92 Å². The van der Waals surface area contributed by atoms with E-state index in [1.165, 1.54) is 6.42 Å². The standard InChI is InChI=1S/C32H33F5N2O4/c1-18-23(16-39-13-3-2-4-14-39)42-32(43-30(18)21-9-7-20(17-40)8-10-21)22-11-5-19(6-12-22)15-38-31(41)24-25(33)27(35)29(37)28(36)26(24)34/h5-12,18,23,30,32,40H,2-4,13-17H2,1H3,(H,38,41)/t18-,23+,30+,32+/m1/s1. The molecule has 0 aliphatic carbocycles. The summed E-state index contributed by atoms with van der Waals surface area (Å²) in [7, 11) is 0. The van der Waals surface area contributed by atoms with Crippen molar-refractivity contribution in [1.29, 1.82) is 0 Å². The Kier molecular flexibility index (Phi) is 9.75. The fourth-order valence-corrected chi connectivity index (χ4v) is 5.59. The highest BCUT2D eigenvalue weighted by atomic mass is 19.2. The third kappa shape index (κ3) is 6.75. The van der Waals surface area contributed by atoms with Crippen LogP contribution in [-0.4, -0.2) is 41.7 Å². The van der Waals surface area contributed by atoms with E-state index >= 15 is 0 Å². The lowest BCUT2D eigenvalue weighted by molar-refractivity contribution is -0.276. The van der Waals surface area contributed by atoms with Gasteiger partial charge >= 0.3 is 0 Å². The van der Waals surface area contributed by atoms with Gasteiger partial charge in [-0.2, -0.15) is 0 Å². The number of ether oxygens (including phenoxy) is 2. The van der Waals surface area contributed by atoms with E-state index in [4.69, 9.17) is 9.47 Å². The number of hydrogen-bond donors (Lipinski definition) is 2. The van der Waals surface area contributed by atoms with Crippen LogP contribution in [0.15, 0.2) is 48.5 Å². The summed E-state index contributed by atoms with van der Waals surface area (Å²) in [4.78, 5) is 14.7. The fraction of sp³-hybridized carbons (Fsp3) is 0.406. The van der Waals surface area contributed by atoms with Crippen LogP contribution in [-0.2, 0) is 22.6 Å². The largest absolute Gasteiger partial charge is 0.392 e. The molecule has 0 bridgehead atoms. The normalized spacial score (nSPS) is 22.9. The van der Waals surface area contributed by atoms with Gasteiger partial charge in [-0.25, -0.2) is 22.0 Å². The summed E-state index contributed by atoms with van der Waals surface area (Å²) in [6, 6.07) is 14.4. The maximum atomic E-state index is 14.0. The number of benzene rings is 3. The number of halogens is 5. The lowest BCUT2D eigenvalue weighted by Gasteiger charge is -2.43. The SMILES string of the molecule is C[C@@H]1[C@H](CN2CCCCC2)O[C@H](c2ccc(CNC(=O)c3c(F)c(F)c(F)c(F)c3F)cc2)O[C@@H]1c1ccc(CO)cc1. The fourth-order valence-electron chi connectivity index (χ4n) is 5.59. The van der Waals surface area contributed by atoms with Gasteiger partial charge in [0, 0.05) is 24.6 Å². The first-order valence-corrected chi connectivity index (χ1v) is 14.3. The number of nitrogens with zero attached hydrogens (tertiary/aromatic N) is 1. The quantitative estimate of drug-likeness (QED) is 0.185. The van der Waals surface area contributed by atoms with Crippen LogP contribution in [0.2, 0.25) is 0 Å². The summed E-state index contributed by atoms with van der Waals surface area (Å²) in [5.41, 5.74) is 1.46. The van der Waals surface area contributed by atoms with Gasteiger partial charge in [-0.15, -0.1) is 0 Å². The number of aliphatic hydroxyl groups is 1. The summed E-state index contributed by atoms with van der Waals surface area (Å²) in [5, 5.41) is 11.7. The maximum Gasteiger partial charge on any atom is 0.257 e. The molecule has 0 unspecified atom stereocenters. The molecule has 2 aliphatic heterocycles. The van der Waals surface area contributed by atoms with Crippen LogP contribution >= 0.6 is 0 Å². The van der Waals surface area contributed by atoms with E-state index in [0.717, 1.165) is 43.6 Å². The number of hydrogen-bond acceptors (Lipinski definition) is 5. The maximum absolute atomic E-state index is 14.0. The summed E-state index contributed by atoms with van der Waals surface area (Å²) in [6.07, 6.45) is 2.41. The molecule has 0 spiro atoms. The molecule has 0 saturated carbocycles. The highest BCUT2D eigenvalue weighted by molar-refractivity contribution is 5.94. The third-order valence-electron chi connectivity index (χ3n) is 8.15. The van der Waals surface area contributed by atoms with Crippen LogP contribution in [0.25, 0.3) is 0 Å². The Bertz CT molecular complexity index is 1400. The lowest BCUT2D eigenvalue weighted by Crippen LogP contribution is -2.45. The number of carbonyl (C=O) groups excluding carboxylic acids is 1. The molecule has 43 heavy (non-hydrogen) atoms. The summed E-state index contributed by atoms with van der Waals surface area (Å²) >= 11 is 0. The highest BCUT2D eigenvalue weighted by Gasteiger charge is 2.39. The number of carbonyl (C=O) groups is 1. The summed E-state index contributed by atoms with van der Waals surface area (Å²) in [6.45, 7) is 4.61. The predicted molar refractivity (Wildman–Crippen MR) is 147 cm³/mol. The van der Waals surface area contributed by atoms with Gasteiger partial charge < -0.3 is 24.8 Å². The molecular weight excluding hydrogens is 571 g/mol. The molecule has 2 aliphatic rings. The van der Waals surface area contributed by atoms with Crippen molar-refractivity contribution in [3.8, 4) is 0 Å². The number of rotatable bonds is 8. The van der Waals surface area contributed by atoms with E-state index in [2.05, 4.69) is 17.1 Å². The predicted octanol–water partition coefficient (Wildman–Crippen LogP) is 6.08. The molecular formula is C32H33F5N2O4. The first-order valence-electron chi connectivity index (χ1n) is 14.3. The van der Waals surface area contributed by atoms with Crippen LogP contribution in [0.3, 0.4) is 0 Å². The third-order valence-corrected chi connectivity index (χ3v) is 8.15. The second-order valence-electron chi connectivity index (χ2n) is 11.1. The minimum atomic E-state index is -2.33. The van der Waals surface area contributed by atoms with Gasteiger partial charge in [-0.1, -0.05) is 61.9 Å². The van der Waals surface area contributed by atoms with Gasteiger partial charge in [-0.3, -0.25) is 4.79 Å². The van der Waals surface area contributed by atoms with Crippen molar-refractivity contribution < 1.29 is 41.3 Å². The zero-order chi connectivity index (χ0) is 30.7. The summed E-state index contributed by atoms with van der Waals surface area (Å²) < 4.78 is 81.3. The smallest absolute Gasteiger partial charge is 0.257 e. The van der Waals surface area contributed by atoms with Gasteiger partial charge in [0.05, 0.1) is 18.8 Å².